The van der Waals surface area contributed by atoms with E-state index in [9.17, 15) is 0 Å². The molecule has 0 saturated carbocycles. The molecule has 2 aromatic heterocycles. The lowest BCUT2D eigenvalue weighted by atomic mass is 10.3. The van der Waals surface area contributed by atoms with Gasteiger partial charge < -0.3 is 15.0 Å². The van der Waals surface area contributed by atoms with Crippen molar-refractivity contribution in [3.63, 3.8) is 0 Å². The van der Waals surface area contributed by atoms with Gasteiger partial charge in [0.1, 0.15) is 6.10 Å². The van der Waals surface area contributed by atoms with Crippen molar-refractivity contribution in [2.24, 2.45) is 4.99 Å². The Morgan fingerprint density at radius 3 is 2.96 bits per heavy atom. The first-order valence-corrected chi connectivity index (χ1v) is 8.65. The molecule has 1 saturated heterocycles. The SMILES string of the molecule is CN=C(NCc1ccc(C)s1)N1CCC(Oc2ccccn2)C1.I. The van der Waals surface area contributed by atoms with Crippen LogP contribution >= 0.6 is 35.3 Å². The quantitative estimate of drug-likeness (QED) is 0.434. The molecule has 0 aliphatic carbocycles. The van der Waals surface area contributed by atoms with Gasteiger partial charge in [-0.25, -0.2) is 4.98 Å². The lowest BCUT2D eigenvalue weighted by Gasteiger charge is -2.21. The Morgan fingerprint density at radius 2 is 2.29 bits per heavy atom. The molecule has 0 bridgehead atoms. The van der Waals surface area contributed by atoms with E-state index in [1.807, 2.05) is 36.6 Å². The van der Waals surface area contributed by atoms with Gasteiger partial charge in [0.15, 0.2) is 5.96 Å². The van der Waals surface area contributed by atoms with Crippen LogP contribution in [0, 0.1) is 6.92 Å². The fourth-order valence-corrected chi connectivity index (χ4v) is 3.51. The first-order valence-electron chi connectivity index (χ1n) is 7.83. The molecule has 1 aliphatic rings. The average molecular weight is 458 g/mol. The van der Waals surface area contributed by atoms with E-state index in [0.717, 1.165) is 32.0 Å². The fourth-order valence-electron chi connectivity index (χ4n) is 2.68. The van der Waals surface area contributed by atoms with Crippen LogP contribution in [-0.2, 0) is 6.54 Å². The first kappa shape index (κ1) is 19.0. The second-order valence-corrected chi connectivity index (χ2v) is 6.93. The number of likely N-dealkylation sites (tertiary alicyclic amines) is 1. The van der Waals surface area contributed by atoms with E-state index in [-0.39, 0.29) is 30.1 Å². The maximum absolute atomic E-state index is 5.93. The monoisotopic (exact) mass is 458 g/mol. The number of pyridine rings is 1. The molecule has 1 aliphatic heterocycles. The molecule has 2 aromatic rings. The topological polar surface area (TPSA) is 49.8 Å². The van der Waals surface area contributed by atoms with Crippen molar-refractivity contribution in [1.29, 1.82) is 0 Å². The third-order valence-corrected chi connectivity index (χ3v) is 4.80. The maximum atomic E-state index is 5.93. The van der Waals surface area contributed by atoms with Crippen molar-refractivity contribution in [3.8, 4) is 5.88 Å². The van der Waals surface area contributed by atoms with E-state index in [1.165, 1.54) is 9.75 Å². The van der Waals surface area contributed by atoms with Crippen LogP contribution in [-0.4, -0.2) is 42.1 Å². The van der Waals surface area contributed by atoms with Gasteiger partial charge in [0.05, 0.1) is 13.1 Å². The van der Waals surface area contributed by atoms with Crippen LogP contribution in [0.5, 0.6) is 5.88 Å². The largest absolute Gasteiger partial charge is 0.472 e. The lowest BCUT2D eigenvalue weighted by molar-refractivity contribution is 0.205. The summed E-state index contributed by atoms with van der Waals surface area (Å²) in [5.74, 6) is 1.62. The number of aromatic nitrogens is 1. The highest BCUT2D eigenvalue weighted by Crippen LogP contribution is 2.17. The highest BCUT2D eigenvalue weighted by molar-refractivity contribution is 14.0. The summed E-state index contributed by atoms with van der Waals surface area (Å²) in [5.41, 5.74) is 0. The molecule has 1 unspecified atom stereocenters. The Morgan fingerprint density at radius 1 is 1.42 bits per heavy atom. The standard InChI is InChI=1S/C17H22N4OS.HI/c1-13-6-7-15(23-13)11-20-17(18-2)21-10-8-14(12-21)22-16-5-3-4-9-19-16;/h3-7,9,14H,8,10-12H2,1-2H3,(H,18,20);1H. The van der Waals surface area contributed by atoms with Crippen LogP contribution in [0.15, 0.2) is 41.5 Å². The van der Waals surface area contributed by atoms with Crippen LogP contribution in [0.4, 0.5) is 0 Å². The second-order valence-electron chi connectivity index (χ2n) is 5.56. The van der Waals surface area contributed by atoms with Crippen LogP contribution in [0.25, 0.3) is 0 Å². The van der Waals surface area contributed by atoms with E-state index >= 15 is 0 Å². The van der Waals surface area contributed by atoms with Crippen molar-refractivity contribution in [3.05, 3.63) is 46.3 Å². The molecule has 7 heteroatoms. The number of hydrogen-bond acceptors (Lipinski definition) is 4. The van der Waals surface area contributed by atoms with E-state index in [0.29, 0.717) is 5.88 Å². The number of nitrogens with one attached hydrogen (secondary N) is 1. The molecule has 5 nitrogen and oxygen atoms in total. The van der Waals surface area contributed by atoms with E-state index in [1.54, 1.807) is 6.20 Å². The minimum atomic E-state index is 0. The summed E-state index contributed by atoms with van der Waals surface area (Å²) >= 11 is 1.82. The van der Waals surface area contributed by atoms with E-state index in [4.69, 9.17) is 4.74 Å². The third-order valence-electron chi connectivity index (χ3n) is 3.80. The van der Waals surface area contributed by atoms with Crippen LogP contribution in [0.1, 0.15) is 16.2 Å². The highest BCUT2D eigenvalue weighted by Gasteiger charge is 2.26. The molecular formula is C17H23IN4OS. The van der Waals surface area contributed by atoms with Gasteiger partial charge in [0, 0.05) is 42.0 Å². The van der Waals surface area contributed by atoms with Crippen molar-refractivity contribution >= 4 is 41.3 Å². The zero-order valence-electron chi connectivity index (χ0n) is 13.9. The molecule has 130 valence electrons. The minimum Gasteiger partial charge on any atom is -0.472 e. The van der Waals surface area contributed by atoms with Gasteiger partial charge in [-0.3, -0.25) is 4.99 Å². The van der Waals surface area contributed by atoms with Gasteiger partial charge in [-0.05, 0) is 25.1 Å². The Labute approximate surface area is 164 Å². The molecule has 3 heterocycles. The Kier molecular flexibility index (Phi) is 7.29. The lowest BCUT2D eigenvalue weighted by Crippen LogP contribution is -2.40. The first-order chi connectivity index (χ1) is 11.2. The predicted octanol–water partition coefficient (Wildman–Crippen LogP) is 3.30. The van der Waals surface area contributed by atoms with Crippen molar-refractivity contribution in [1.82, 2.24) is 15.2 Å². The number of rotatable bonds is 4. The summed E-state index contributed by atoms with van der Waals surface area (Å²) in [6.07, 6.45) is 2.90. The molecule has 1 N–H and O–H groups in total. The molecule has 3 rings (SSSR count). The molecule has 1 fully saturated rings. The molecule has 0 amide bonds. The molecule has 0 aromatic carbocycles. The normalized spacial score (nSPS) is 17.5. The zero-order valence-corrected chi connectivity index (χ0v) is 17.1. The summed E-state index contributed by atoms with van der Waals surface area (Å²) < 4.78 is 5.93. The number of halogens is 1. The summed E-state index contributed by atoms with van der Waals surface area (Å²) in [4.78, 5) is 13.5. The highest BCUT2D eigenvalue weighted by atomic mass is 127. The number of aryl methyl sites for hydroxylation is 1. The predicted molar refractivity (Wildman–Crippen MR) is 110 cm³/mol. The van der Waals surface area contributed by atoms with Crippen LogP contribution in [0.2, 0.25) is 0 Å². The third kappa shape index (κ3) is 5.07. The number of hydrogen-bond donors (Lipinski definition) is 1. The smallest absolute Gasteiger partial charge is 0.213 e. The van der Waals surface area contributed by atoms with Crippen molar-refractivity contribution in [2.45, 2.75) is 26.0 Å². The number of guanidine groups is 1. The second kappa shape index (κ2) is 9.22. The van der Waals surface area contributed by atoms with Crippen molar-refractivity contribution < 1.29 is 4.74 Å². The van der Waals surface area contributed by atoms with Gasteiger partial charge in [-0.15, -0.1) is 35.3 Å². The Bertz CT molecular complexity index is 662. The molecule has 0 radical (unpaired) electrons. The molecule has 0 spiro atoms. The van der Waals surface area contributed by atoms with Crippen LogP contribution < -0.4 is 10.1 Å². The summed E-state index contributed by atoms with van der Waals surface area (Å²) in [6, 6.07) is 10.0. The minimum absolute atomic E-state index is 0. The van der Waals surface area contributed by atoms with Gasteiger partial charge in [-0.2, -0.15) is 0 Å². The number of thiophene rings is 1. The average Bonchev–Trinajstić information content (AvgIpc) is 3.19. The molecule has 1 atom stereocenters. The van der Waals surface area contributed by atoms with Gasteiger partial charge in [0.2, 0.25) is 5.88 Å². The number of ether oxygens (including phenoxy) is 1. The van der Waals surface area contributed by atoms with Crippen LogP contribution in [0.3, 0.4) is 0 Å². The zero-order chi connectivity index (χ0) is 16.1. The maximum Gasteiger partial charge on any atom is 0.213 e. The van der Waals surface area contributed by atoms with E-state index in [2.05, 4.69) is 39.2 Å². The number of aliphatic imine (C=N–C) groups is 1. The molecule has 24 heavy (non-hydrogen) atoms. The van der Waals surface area contributed by atoms with E-state index < -0.39 is 0 Å². The molecular weight excluding hydrogens is 435 g/mol. The van der Waals surface area contributed by atoms with Gasteiger partial charge in [-0.1, -0.05) is 6.07 Å². The van der Waals surface area contributed by atoms with Crippen molar-refractivity contribution in [2.75, 3.05) is 20.1 Å². The van der Waals surface area contributed by atoms with Gasteiger partial charge >= 0.3 is 0 Å². The Balaban J connectivity index is 0.00000208. The summed E-state index contributed by atoms with van der Waals surface area (Å²) in [5, 5.41) is 3.44. The summed E-state index contributed by atoms with van der Waals surface area (Å²) in [6.45, 7) is 4.72. The number of nitrogens with zero attached hydrogens (tertiary/aromatic N) is 3. The fraction of sp³-hybridized carbons (Fsp3) is 0.412. The van der Waals surface area contributed by atoms with Gasteiger partial charge in [0.25, 0.3) is 0 Å². The summed E-state index contributed by atoms with van der Waals surface area (Å²) in [7, 11) is 1.83. The Hall–Kier alpha value is -1.35.